The average Bonchev–Trinajstić information content (AvgIpc) is 3.35. The molecule has 0 radical (unpaired) electrons. The second-order valence-corrected chi connectivity index (χ2v) is 11.2. The van der Waals surface area contributed by atoms with Crippen molar-refractivity contribution >= 4 is 75.5 Å². The Balaban J connectivity index is 1.59. The minimum Gasteiger partial charge on any atom is -0.323 e. The first-order valence-corrected chi connectivity index (χ1v) is 12.1. The molecule has 176 valence electrons. The SMILES string of the molecule is C[C@]1(F)CC2C3C(=O)N(c4cc(Cl)cc(Cl)c4)C(=O)C3C3(C(=O)Nc4c(Cl)cc(Cl)cc43)N2C1. The highest BCUT2D eigenvalue weighted by Crippen LogP contribution is 2.63. The van der Waals surface area contributed by atoms with Crippen LogP contribution in [0.2, 0.25) is 20.1 Å². The molecule has 1 N–H and O–H groups in total. The summed E-state index contributed by atoms with van der Waals surface area (Å²) in [5, 5.41) is 3.72. The van der Waals surface area contributed by atoms with Gasteiger partial charge in [0.15, 0.2) is 0 Å². The van der Waals surface area contributed by atoms with Gasteiger partial charge in [-0.2, -0.15) is 0 Å². The van der Waals surface area contributed by atoms with Crippen molar-refractivity contribution in [3.8, 4) is 0 Å². The van der Waals surface area contributed by atoms with Gasteiger partial charge in [0.25, 0.3) is 5.91 Å². The van der Waals surface area contributed by atoms with E-state index in [1.807, 2.05) is 0 Å². The van der Waals surface area contributed by atoms with E-state index >= 15 is 4.39 Å². The van der Waals surface area contributed by atoms with Crippen LogP contribution in [0.1, 0.15) is 18.9 Å². The maximum Gasteiger partial charge on any atom is 0.250 e. The summed E-state index contributed by atoms with van der Waals surface area (Å²) in [4.78, 5) is 44.1. The zero-order valence-electron chi connectivity index (χ0n) is 17.5. The topological polar surface area (TPSA) is 69.7 Å². The van der Waals surface area contributed by atoms with Crippen LogP contribution in [0.25, 0.3) is 0 Å². The lowest BCUT2D eigenvalue weighted by Gasteiger charge is -2.37. The van der Waals surface area contributed by atoms with E-state index in [-0.39, 0.29) is 38.7 Å². The van der Waals surface area contributed by atoms with Crippen LogP contribution in [-0.2, 0) is 19.9 Å². The number of halogens is 5. The number of rotatable bonds is 1. The number of fused-ring (bicyclic) bond motifs is 7. The molecule has 0 saturated carbocycles. The van der Waals surface area contributed by atoms with Gasteiger partial charge >= 0.3 is 0 Å². The molecule has 34 heavy (non-hydrogen) atoms. The van der Waals surface area contributed by atoms with Crippen LogP contribution in [-0.4, -0.2) is 40.9 Å². The minimum absolute atomic E-state index is 0.00398. The number of hydrogen-bond donors (Lipinski definition) is 1. The lowest BCUT2D eigenvalue weighted by molar-refractivity contribution is -0.135. The molecule has 0 aliphatic carbocycles. The minimum atomic E-state index is -1.66. The number of nitrogens with zero attached hydrogens (tertiary/aromatic N) is 2. The summed E-state index contributed by atoms with van der Waals surface area (Å²) in [7, 11) is 0. The number of carbonyl (C=O) groups excluding carboxylic acids is 3. The van der Waals surface area contributed by atoms with Gasteiger partial charge in [0.2, 0.25) is 11.8 Å². The van der Waals surface area contributed by atoms with Gasteiger partial charge in [0, 0.05) is 33.2 Å². The molecule has 2 aromatic rings. The summed E-state index contributed by atoms with van der Waals surface area (Å²) in [6, 6.07) is 6.77. The molecule has 6 nitrogen and oxygen atoms in total. The van der Waals surface area contributed by atoms with Gasteiger partial charge in [-0.15, -0.1) is 0 Å². The summed E-state index contributed by atoms with van der Waals surface area (Å²) < 4.78 is 15.4. The molecule has 4 unspecified atom stereocenters. The van der Waals surface area contributed by atoms with Crippen molar-refractivity contribution in [3.05, 3.63) is 56.0 Å². The molecule has 5 atom stereocenters. The monoisotopic (exact) mass is 541 g/mol. The van der Waals surface area contributed by atoms with Crippen LogP contribution in [0.5, 0.6) is 0 Å². The van der Waals surface area contributed by atoms with Crippen molar-refractivity contribution in [1.29, 1.82) is 0 Å². The molecule has 11 heteroatoms. The van der Waals surface area contributed by atoms with Crippen molar-refractivity contribution < 1.29 is 18.8 Å². The zero-order valence-corrected chi connectivity index (χ0v) is 20.6. The summed E-state index contributed by atoms with van der Waals surface area (Å²) in [5.74, 6) is -3.68. The molecule has 0 aromatic heterocycles. The molecule has 2 aromatic carbocycles. The Hall–Kier alpha value is -1.90. The number of nitrogens with one attached hydrogen (secondary N) is 1. The lowest BCUT2D eigenvalue weighted by atomic mass is 9.74. The second-order valence-electron chi connectivity index (χ2n) is 9.49. The molecule has 6 rings (SSSR count). The maximum atomic E-state index is 15.4. The Morgan fingerprint density at radius 1 is 0.971 bits per heavy atom. The number of anilines is 2. The molecule has 3 fully saturated rings. The first-order valence-electron chi connectivity index (χ1n) is 10.6. The van der Waals surface area contributed by atoms with E-state index in [0.29, 0.717) is 11.3 Å². The van der Waals surface area contributed by atoms with Gasteiger partial charge in [-0.3, -0.25) is 19.3 Å². The largest absolute Gasteiger partial charge is 0.323 e. The molecule has 0 bridgehead atoms. The summed E-state index contributed by atoms with van der Waals surface area (Å²) in [6.45, 7) is 1.31. The molecule has 1 spiro atoms. The second kappa shape index (κ2) is 7.08. The van der Waals surface area contributed by atoms with Crippen molar-refractivity contribution in [2.45, 2.75) is 30.6 Å². The Labute approximate surface area is 213 Å². The third-order valence-corrected chi connectivity index (χ3v) is 8.31. The predicted molar refractivity (Wildman–Crippen MR) is 127 cm³/mol. The fourth-order valence-corrected chi connectivity index (χ4v) is 7.39. The van der Waals surface area contributed by atoms with Gasteiger partial charge in [0.1, 0.15) is 11.2 Å². The quantitative estimate of drug-likeness (QED) is 0.511. The van der Waals surface area contributed by atoms with Crippen LogP contribution in [0.3, 0.4) is 0 Å². The molecular weight excluding hydrogens is 527 g/mol. The zero-order chi connectivity index (χ0) is 24.3. The fourth-order valence-electron chi connectivity index (χ4n) is 6.34. The Bertz CT molecular complexity index is 1310. The molecular formula is C23H16Cl4FN3O3. The van der Waals surface area contributed by atoms with Crippen molar-refractivity contribution in [3.63, 3.8) is 0 Å². The summed E-state index contributed by atoms with van der Waals surface area (Å²) in [6.07, 6.45) is -0.00398. The van der Waals surface area contributed by atoms with Crippen LogP contribution in [0, 0.1) is 11.8 Å². The summed E-state index contributed by atoms with van der Waals surface area (Å²) >= 11 is 24.9. The van der Waals surface area contributed by atoms with E-state index in [0.717, 1.165) is 4.90 Å². The first-order chi connectivity index (χ1) is 16.0. The molecule has 4 aliphatic rings. The lowest BCUT2D eigenvalue weighted by Crippen LogP contribution is -2.55. The number of hydrogen-bond acceptors (Lipinski definition) is 4. The smallest absolute Gasteiger partial charge is 0.250 e. The molecule has 4 heterocycles. The highest BCUT2D eigenvalue weighted by atomic mass is 35.5. The fraction of sp³-hybridized carbons (Fsp3) is 0.348. The summed E-state index contributed by atoms with van der Waals surface area (Å²) in [5.41, 5.74) is -2.41. The Morgan fingerprint density at radius 2 is 1.62 bits per heavy atom. The van der Waals surface area contributed by atoms with Gasteiger partial charge in [-0.1, -0.05) is 46.4 Å². The van der Waals surface area contributed by atoms with Crippen LogP contribution in [0.15, 0.2) is 30.3 Å². The average molecular weight is 543 g/mol. The molecule has 3 amide bonds. The Morgan fingerprint density at radius 3 is 2.29 bits per heavy atom. The van der Waals surface area contributed by atoms with E-state index in [2.05, 4.69) is 5.32 Å². The van der Waals surface area contributed by atoms with Gasteiger partial charge in [-0.05, 0) is 43.7 Å². The molecule has 4 aliphatic heterocycles. The van der Waals surface area contributed by atoms with Crippen molar-refractivity contribution in [2.75, 3.05) is 16.8 Å². The molecule has 3 saturated heterocycles. The van der Waals surface area contributed by atoms with Crippen LogP contribution < -0.4 is 10.2 Å². The standard InChI is InChI=1S/C23H16Cl4FN3O3/c1-22(28)7-15-16-17(20(33)31(19(16)32)12-3-9(24)2-10(25)4-12)23(30(15)8-22)13-5-11(26)6-14(27)18(13)29-21(23)34/h2-6,15-17H,7-8H2,1H3,(H,29,34)/t15?,16?,17?,22-,23?/m0/s1. The predicted octanol–water partition coefficient (Wildman–Crippen LogP) is 5.07. The highest BCUT2D eigenvalue weighted by molar-refractivity contribution is 6.38. The number of alkyl halides is 1. The number of imide groups is 1. The van der Waals surface area contributed by atoms with Crippen molar-refractivity contribution in [1.82, 2.24) is 4.90 Å². The van der Waals surface area contributed by atoms with E-state index in [1.54, 1.807) is 11.0 Å². The van der Waals surface area contributed by atoms with Crippen LogP contribution >= 0.6 is 46.4 Å². The number of carbonyl (C=O) groups is 3. The first kappa shape index (κ1) is 22.6. The number of amides is 3. The maximum absolute atomic E-state index is 15.4. The van der Waals surface area contributed by atoms with E-state index in [9.17, 15) is 14.4 Å². The van der Waals surface area contributed by atoms with Gasteiger partial charge in [-0.25, -0.2) is 9.29 Å². The van der Waals surface area contributed by atoms with E-state index in [4.69, 9.17) is 46.4 Å². The van der Waals surface area contributed by atoms with E-state index < -0.39 is 46.8 Å². The van der Waals surface area contributed by atoms with E-state index in [1.165, 1.54) is 31.2 Å². The highest BCUT2D eigenvalue weighted by Gasteiger charge is 2.76. The third kappa shape index (κ3) is 2.76. The van der Waals surface area contributed by atoms with Crippen molar-refractivity contribution in [2.24, 2.45) is 11.8 Å². The van der Waals surface area contributed by atoms with Crippen LogP contribution in [0.4, 0.5) is 15.8 Å². The van der Waals surface area contributed by atoms with Gasteiger partial charge < -0.3 is 5.32 Å². The Kier molecular flexibility index (Phi) is 4.69. The normalized spacial score (nSPS) is 34.1. The van der Waals surface area contributed by atoms with Gasteiger partial charge in [0.05, 0.1) is 28.2 Å². The third-order valence-electron chi connectivity index (χ3n) is 7.36. The number of benzene rings is 2.